The molecular formula is C60H36N6. The van der Waals surface area contributed by atoms with Gasteiger partial charge in [0.15, 0.2) is 0 Å². The van der Waals surface area contributed by atoms with Crippen molar-refractivity contribution in [1.82, 2.24) is 13.7 Å². The highest BCUT2D eigenvalue weighted by Gasteiger charge is 2.24. The standard InChI is InChI=1S/C60H36N6/c61-37-40-33-57(66-53-27-15-13-25-48(53)50-35-58-49(36-59(50)66)47-24-12-14-26-52(47)64(58)44-21-8-3-9-22-44)41(38-62)32-56(40)65-54-31-29-45(63(42-17-4-1-5-18-42)43-19-6-2-7-20-43)34-51(54)60-46-23-11-10-16-39(46)28-30-55(60)65/h1-36H. The van der Waals surface area contributed by atoms with Crippen LogP contribution in [0.4, 0.5) is 17.1 Å². The van der Waals surface area contributed by atoms with Crippen LogP contribution >= 0.6 is 0 Å². The maximum atomic E-state index is 11.2. The van der Waals surface area contributed by atoms with Crippen LogP contribution in [0.3, 0.4) is 0 Å². The highest BCUT2D eigenvalue weighted by molar-refractivity contribution is 6.22. The minimum atomic E-state index is 0.461. The van der Waals surface area contributed by atoms with Crippen LogP contribution in [0.5, 0.6) is 0 Å². The monoisotopic (exact) mass is 840 g/mol. The number of rotatable bonds is 6. The van der Waals surface area contributed by atoms with Crippen molar-refractivity contribution in [2.75, 3.05) is 4.90 Å². The number of benzene rings is 10. The number of hydrogen-bond acceptors (Lipinski definition) is 3. The van der Waals surface area contributed by atoms with E-state index < -0.39 is 0 Å². The summed E-state index contributed by atoms with van der Waals surface area (Å²) in [4.78, 5) is 2.27. The van der Waals surface area contributed by atoms with Crippen LogP contribution in [-0.2, 0) is 0 Å². The van der Waals surface area contributed by atoms with E-state index in [1.54, 1.807) is 0 Å². The maximum absolute atomic E-state index is 11.2. The molecule has 0 atom stereocenters. The van der Waals surface area contributed by atoms with Gasteiger partial charge in [0.1, 0.15) is 12.1 Å². The number of aromatic nitrogens is 3. The number of anilines is 3. The van der Waals surface area contributed by atoms with Crippen molar-refractivity contribution >= 4 is 93.3 Å². The second kappa shape index (κ2) is 14.6. The molecule has 0 aliphatic carbocycles. The smallest absolute Gasteiger partial charge is 0.101 e. The molecule has 6 heteroatoms. The lowest BCUT2D eigenvalue weighted by atomic mass is 10.0. The minimum Gasteiger partial charge on any atom is -0.310 e. The number of hydrogen-bond donors (Lipinski definition) is 0. The summed E-state index contributed by atoms with van der Waals surface area (Å²) >= 11 is 0. The third-order valence-electron chi connectivity index (χ3n) is 13.2. The van der Waals surface area contributed by atoms with Gasteiger partial charge in [-0.15, -0.1) is 0 Å². The average molecular weight is 841 g/mol. The number of para-hydroxylation sites is 5. The molecule has 0 unspecified atom stereocenters. The molecule has 13 rings (SSSR count). The highest BCUT2D eigenvalue weighted by Crippen LogP contribution is 2.44. The second-order valence-electron chi connectivity index (χ2n) is 16.8. The van der Waals surface area contributed by atoms with E-state index in [4.69, 9.17) is 0 Å². The Labute approximate surface area is 379 Å². The molecule has 306 valence electrons. The zero-order valence-corrected chi connectivity index (χ0v) is 35.5. The van der Waals surface area contributed by atoms with Crippen molar-refractivity contribution in [2.24, 2.45) is 0 Å². The van der Waals surface area contributed by atoms with Crippen molar-refractivity contribution < 1.29 is 0 Å². The lowest BCUT2D eigenvalue weighted by Gasteiger charge is -2.25. The van der Waals surface area contributed by atoms with Gasteiger partial charge in [0.05, 0.1) is 55.6 Å². The molecule has 0 aliphatic rings. The Morgan fingerprint density at radius 2 is 0.788 bits per heavy atom. The second-order valence-corrected chi connectivity index (χ2v) is 16.8. The summed E-state index contributed by atoms with van der Waals surface area (Å²) in [5.41, 5.74) is 12.5. The summed E-state index contributed by atoms with van der Waals surface area (Å²) in [7, 11) is 0. The van der Waals surface area contributed by atoms with E-state index in [9.17, 15) is 10.5 Å². The molecule has 6 nitrogen and oxygen atoms in total. The molecule has 0 saturated heterocycles. The van der Waals surface area contributed by atoms with E-state index in [1.807, 2.05) is 36.4 Å². The van der Waals surface area contributed by atoms with E-state index in [1.165, 1.54) is 0 Å². The fourth-order valence-corrected chi connectivity index (χ4v) is 10.4. The SMILES string of the molecule is N#Cc1cc(-n2c3ccc(N(c4ccccc4)c4ccccc4)cc3c3c4ccccc4ccc32)c(C#N)cc1-n1c2ccccc2c2cc3c(cc21)c1ccccc1n3-c1ccccc1. The first-order valence-electron chi connectivity index (χ1n) is 22.1. The molecule has 0 N–H and O–H groups in total. The molecule has 0 saturated carbocycles. The van der Waals surface area contributed by atoms with Crippen molar-refractivity contribution in [1.29, 1.82) is 10.5 Å². The number of fused-ring (bicyclic) bond motifs is 11. The Kier molecular flexibility index (Phi) is 8.24. The topological polar surface area (TPSA) is 65.6 Å². The Morgan fingerprint density at radius 1 is 0.318 bits per heavy atom. The van der Waals surface area contributed by atoms with Gasteiger partial charge >= 0.3 is 0 Å². The summed E-state index contributed by atoms with van der Waals surface area (Å²) in [6.07, 6.45) is 0. The molecular weight excluding hydrogens is 805 g/mol. The largest absolute Gasteiger partial charge is 0.310 e. The highest BCUT2D eigenvalue weighted by atomic mass is 15.1. The third-order valence-corrected chi connectivity index (χ3v) is 13.2. The summed E-state index contributed by atoms with van der Waals surface area (Å²) in [6, 6.07) is 81.1. The van der Waals surface area contributed by atoms with Crippen molar-refractivity contribution in [3.8, 4) is 29.2 Å². The fourth-order valence-electron chi connectivity index (χ4n) is 10.4. The van der Waals surface area contributed by atoms with E-state index >= 15 is 0 Å². The molecule has 0 aliphatic heterocycles. The average Bonchev–Trinajstić information content (AvgIpc) is 4.01. The van der Waals surface area contributed by atoms with Crippen LogP contribution in [0.15, 0.2) is 218 Å². The van der Waals surface area contributed by atoms with Gasteiger partial charge in [0, 0.05) is 55.1 Å². The van der Waals surface area contributed by atoms with Gasteiger partial charge in [-0.05, 0) is 108 Å². The molecule has 0 spiro atoms. The summed E-state index contributed by atoms with van der Waals surface area (Å²) in [6.45, 7) is 0. The van der Waals surface area contributed by atoms with Crippen molar-refractivity contribution in [3.63, 3.8) is 0 Å². The van der Waals surface area contributed by atoms with Gasteiger partial charge in [0.2, 0.25) is 0 Å². The molecule has 13 aromatic rings. The molecule has 10 aromatic carbocycles. The quantitative estimate of drug-likeness (QED) is 0.167. The van der Waals surface area contributed by atoms with E-state index in [0.29, 0.717) is 22.5 Å². The molecule has 66 heavy (non-hydrogen) atoms. The van der Waals surface area contributed by atoms with E-state index in [2.05, 4.69) is 213 Å². The van der Waals surface area contributed by atoms with Gasteiger partial charge in [0.25, 0.3) is 0 Å². The maximum Gasteiger partial charge on any atom is 0.101 e. The zero-order valence-electron chi connectivity index (χ0n) is 35.5. The summed E-state index contributed by atoms with van der Waals surface area (Å²) in [5.74, 6) is 0. The molecule has 3 aromatic heterocycles. The summed E-state index contributed by atoms with van der Waals surface area (Å²) in [5, 5.41) is 31.2. The normalized spacial score (nSPS) is 11.6. The van der Waals surface area contributed by atoms with Gasteiger partial charge in [-0.3, -0.25) is 0 Å². The Hall–Kier alpha value is -9.36. The van der Waals surface area contributed by atoms with Crippen LogP contribution in [0.2, 0.25) is 0 Å². The first kappa shape index (κ1) is 37.2. The predicted octanol–water partition coefficient (Wildman–Crippen LogP) is 15.3. The van der Waals surface area contributed by atoms with Crippen LogP contribution in [0, 0.1) is 22.7 Å². The van der Waals surface area contributed by atoms with Crippen molar-refractivity contribution in [2.45, 2.75) is 0 Å². The van der Waals surface area contributed by atoms with Crippen LogP contribution < -0.4 is 4.90 Å². The lowest BCUT2D eigenvalue weighted by molar-refractivity contribution is 1.12. The molecule has 0 radical (unpaired) electrons. The van der Waals surface area contributed by atoms with Crippen molar-refractivity contribution in [3.05, 3.63) is 230 Å². The van der Waals surface area contributed by atoms with Crippen LogP contribution in [0.25, 0.3) is 93.3 Å². The van der Waals surface area contributed by atoms with Gasteiger partial charge in [-0.25, -0.2) is 0 Å². The number of nitriles is 2. The summed E-state index contributed by atoms with van der Waals surface area (Å²) < 4.78 is 6.68. The first-order valence-corrected chi connectivity index (χ1v) is 22.1. The Balaban J connectivity index is 1.07. The molecule has 0 fully saturated rings. The lowest BCUT2D eigenvalue weighted by Crippen LogP contribution is -2.09. The fraction of sp³-hybridized carbons (Fsp3) is 0. The molecule has 0 amide bonds. The van der Waals surface area contributed by atoms with Crippen LogP contribution in [-0.4, -0.2) is 13.7 Å². The first-order chi connectivity index (χ1) is 32.7. The number of nitrogens with zero attached hydrogens (tertiary/aromatic N) is 6. The Bertz CT molecular complexity index is 4140. The van der Waals surface area contributed by atoms with Gasteiger partial charge in [-0.2, -0.15) is 10.5 Å². The van der Waals surface area contributed by atoms with E-state index in [0.717, 1.165) is 98.9 Å². The predicted molar refractivity (Wildman–Crippen MR) is 271 cm³/mol. The third kappa shape index (κ3) is 5.46. The van der Waals surface area contributed by atoms with Gasteiger partial charge < -0.3 is 18.6 Å². The molecule has 0 bridgehead atoms. The minimum absolute atomic E-state index is 0.461. The zero-order chi connectivity index (χ0) is 43.9. The van der Waals surface area contributed by atoms with Gasteiger partial charge in [-0.1, -0.05) is 121 Å². The van der Waals surface area contributed by atoms with Crippen LogP contribution in [0.1, 0.15) is 11.1 Å². The molecule has 3 heterocycles. The van der Waals surface area contributed by atoms with E-state index in [-0.39, 0.29) is 0 Å². The Morgan fingerprint density at radius 3 is 1.39 bits per heavy atom.